The molecule has 0 aromatic heterocycles. The van der Waals surface area contributed by atoms with E-state index in [1.807, 2.05) is 6.92 Å². The van der Waals surface area contributed by atoms with Crippen molar-refractivity contribution >= 4 is 17.6 Å². The van der Waals surface area contributed by atoms with Crippen LogP contribution in [0.15, 0.2) is 42.5 Å². The highest BCUT2D eigenvalue weighted by molar-refractivity contribution is 5.95. The predicted molar refractivity (Wildman–Crippen MR) is 96.4 cm³/mol. The van der Waals surface area contributed by atoms with Crippen LogP contribution in [0.5, 0.6) is 5.75 Å². The fraction of sp³-hybridized carbons (Fsp3) is 0.263. The molecule has 132 valence electrons. The Hall–Kier alpha value is -3.02. The van der Waals surface area contributed by atoms with Crippen LogP contribution in [-0.4, -0.2) is 42.6 Å². The number of aromatic carboxylic acids is 1. The number of hydrogen-bond donors (Lipinski definition) is 2. The van der Waals surface area contributed by atoms with Gasteiger partial charge in [-0.1, -0.05) is 12.1 Å². The van der Waals surface area contributed by atoms with E-state index in [0.717, 1.165) is 11.3 Å². The van der Waals surface area contributed by atoms with Gasteiger partial charge in [0.05, 0.1) is 17.9 Å². The van der Waals surface area contributed by atoms with Crippen molar-refractivity contribution in [1.29, 1.82) is 0 Å². The third kappa shape index (κ3) is 4.73. The van der Waals surface area contributed by atoms with Gasteiger partial charge in [-0.25, -0.2) is 4.79 Å². The SMILES string of the molecule is CCOc1ccc(C(=O)N(C)C)cc1NCc1ccc(C(=O)O)cc1. The van der Waals surface area contributed by atoms with Gasteiger partial charge in [0.15, 0.2) is 0 Å². The van der Waals surface area contributed by atoms with Crippen molar-refractivity contribution in [2.75, 3.05) is 26.0 Å². The lowest BCUT2D eigenvalue weighted by Crippen LogP contribution is -2.21. The maximum atomic E-state index is 12.1. The van der Waals surface area contributed by atoms with Crippen molar-refractivity contribution < 1.29 is 19.4 Å². The molecule has 0 aliphatic heterocycles. The number of nitrogens with one attached hydrogen (secondary N) is 1. The monoisotopic (exact) mass is 342 g/mol. The number of rotatable bonds is 7. The minimum Gasteiger partial charge on any atom is -0.492 e. The van der Waals surface area contributed by atoms with Gasteiger partial charge in [0.25, 0.3) is 5.91 Å². The summed E-state index contributed by atoms with van der Waals surface area (Å²) in [5.74, 6) is -0.370. The zero-order valence-corrected chi connectivity index (χ0v) is 14.6. The number of carboxylic acid groups (broad SMARTS) is 1. The van der Waals surface area contributed by atoms with Crippen LogP contribution < -0.4 is 10.1 Å². The topological polar surface area (TPSA) is 78.9 Å². The highest BCUT2D eigenvalue weighted by Crippen LogP contribution is 2.27. The molecule has 0 spiro atoms. The van der Waals surface area contributed by atoms with Gasteiger partial charge < -0.3 is 20.1 Å². The van der Waals surface area contributed by atoms with Crippen LogP contribution in [-0.2, 0) is 6.54 Å². The van der Waals surface area contributed by atoms with Gasteiger partial charge in [-0.15, -0.1) is 0 Å². The molecule has 0 atom stereocenters. The summed E-state index contributed by atoms with van der Waals surface area (Å²) in [6.07, 6.45) is 0. The molecule has 6 heteroatoms. The van der Waals surface area contributed by atoms with Crippen LogP contribution in [0.1, 0.15) is 33.2 Å². The Balaban J connectivity index is 2.19. The van der Waals surface area contributed by atoms with E-state index in [9.17, 15) is 9.59 Å². The summed E-state index contributed by atoms with van der Waals surface area (Å²) in [6.45, 7) is 2.90. The maximum absolute atomic E-state index is 12.1. The van der Waals surface area contributed by atoms with Gasteiger partial charge in [-0.3, -0.25) is 4.79 Å². The lowest BCUT2D eigenvalue weighted by molar-refractivity contribution is 0.0696. The number of amides is 1. The van der Waals surface area contributed by atoms with E-state index in [1.54, 1.807) is 56.6 Å². The fourth-order valence-electron chi connectivity index (χ4n) is 2.30. The van der Waals surface area contributed by atoms with Crippen LogP contribution in [0, 0.1) is 0 Å². The van der Waals surface area contributed by atoms with E-state index in [4.69, 9.17) is 9.84 Å². The minimum atomic E-state index is -0.951. The van der Waals surface area contributed by atoms with Gasteiger partial charge in [0.2, 0.25) is 0 Å². The average molecular weight is 342 g/mol. The molecule has 0 aliphatic carbocycles. The van der Waals surface area contributed by atoms with E-state index in [-0.39, 0.29) is 11.5 Å². The lowest BCUT2D eigenvalue weighted by atomic mass is 10.1. The molecule has 2 N–H and O–H groups in total. The molecule has 0 saturated heterocycles. The van der Waals surface area contributed by atoms with Gasteiger partial charge in [0.1, 0.15) is 5.75 Å². The molecular formula is C19H22N2O4. The van der Waals surface area contributed by atoms with E-state index in [2.05, 4.69) is 5.32 Å². The van der Waals surface area contributed by atoms with E-state index >= 15 is 0 Å². The maximum Gasteiger partial charge on any atom is 0.335 e. The first-order chi connectivity index (χ1) is 11.9. The predicted octanol–water partition coefficient (Wildman–Crippen LogP) is 3.10. The normalized spacial score (nSPS) is 10.2. The molecule has 0 bridgehead atoms. The minimum absolute atomic E-state index is 0.0862. The lowest BCUT2D eigenvalue weighted by Gasteiger charge is -2.16. The summed E-state index contributed by atoms with van der Waals surface area (Å²) in [5, 5.41) is 12.2. The Morgan fingerprint density at radius 2 is 1.72 bits per heavy atom. The van der Waals surface area contributed by atoms with Gasteiger partial charge in [-0.2, -0.15) is 0 Å². The number of carboxylic acids is 1. The Morgan fingerprint density at radius 1 is 1.08 bits per heavy atom. The molecular weight excluding hydrogens is 320 g/mol. The van der Waals surface area contributed by atoms with Crippen LogP contribution in [0.3, 0.4) is 0 Å². The first-order valence-corrected chi connectivity index (χ1v) is 7.97. The zero-order valence-electron chi connectivity index (χ0n) is 14.6. The van der Waals surface area contributed by atoms with Crippen LogP contribution in [0.25, 0.3) is 0 Å². The molecule has 6 nitrogen and oxygen atoms in total. The van der Waals surface area contributed by atoms with Crippen molar-refractivity contribution in [3.63, 3.8) is 0 Å². The molecule has 1 amide bonds. The summed E-state index contributed by atoms with van der Waals surface area (Å²) in [5.41, 5.74) is 2.46. The highest BCUT2D eigenvalue weighted by atomic mass is 16.5. The molecule has 2 aromatic rings. The zero-order chi connectivity index (χ0) is 18.4. The van der Waals surface area contributed by atoms with Gasteiger partial charge >= 0.3 is 5.97 Å². The van der Waals surface area contributed by atoms with Crippen LogP contribution in [0.2, 0.25) is 0 Å². The Kier molecular flexibility index (Phi) is 6.00. The van der Waals surface area contributed by atoms with Gasteiger partial charge in [-0.05, 0) is 42.8 Å². The summed E-state index contributed by atoms with van der Waals surface area (Å²) in [7, 11) is 3.41. The Labute approximate surface area is 147 Å². The van der Waals surface area contributed by atoms with Gasteiger partial charge in [0, 0.05) is 26.2 Å². The number of hydrogen-bond acceptors (Lipinski definition) is 4. The molecule has 25 heavy (non-hydrogen) atoms. The highest BCUT2D eigenvalue weighted by Gasteiger charge is 2.12. The summed E-state index contributed by atoms with van der Waals surface area (Å²) in [4.78, 5) is 24.6. The van der Waals surface area contributed by atoms with Crippen molar-refractivity contribution in [2.45, 2.75) is 13.5 Å². The standard InChI is InChI=1S/C19H22N2O4/c1-4-25-17-10-9-15(18(22)21(2)3)11-16(17)20-12-13-5-7-14(8-6-13)19(23)24/h5-11,20H,4,12H2,1-3H3,(H,23,24). The number of carbonyl (C=O) groups excluding carboxylic acids is 1. The number of anilines is 1. The largest absolute Gasteiger partial charge is 0.492 e. The smallest absolute Gasteiger partial charge is 0.335 e. The molecule has 0 radical (unpaired) electrons. The summed E-state index contributed by atoms with van der Waals surface area (Å²) in [6, 6.07) is 11.9. The van der Waals surface area contributed by atoms with Crippen molar-refractivity contribution in [1.82, 2.24) is 4.90 Å². The average Bonchev–Trinajstić information content (AvgIpc) is 2.60. The third-order valence-electron chi connectivity index (χ3n) is 3.62. The number of benzene rings is 2. The van der Waals surface area contributed by atoms with E-state index in [1.165, 1.54) is 4.90 Å². The molecule has 0 unspecified atom stereocenters. The Morgan fingerprint density at radius 3 is 2.28 bits per heavy atom. The van der Waals surface area contributed by atoms with Crippen LogP contribution in [0.4, 0.5) is 5.69 Å². The molecule has 2 aromatic carbocycles. The molecule has 0 saturated carbocycles. The summed E-state index contributed by atoms with van der Waals surface area (Å²) >= 11 is 0. The third-order valence-corrected chi connectivity index (χ3v) is 3.62. The molecule has 0 fully saturated rings. The molecule has 0 aliphatic rings. The van der Waals surface area contributed by atoms with E-state index in [0.29, 0.717) is 24.5 Å². The van der Waals surface area contributed by atoms with Crippen molar-refractivity contribution in [3.05, 3.63) is 59.2 Å². The Bertz CT molecular complexity index is 755. The second kappa shape index (κ2) is 8.19. The van der Waals surface area contributed by atoms with Crippen LogP contribution >= 0.6 is 0 Å². The second-order valence-electron chi connectivity index (χ2n) is 5.70. The number of carbonyl (C=O) groups is 2. The second-order valence-corrected chi connectivity index (χ2v) is 5.70. The molecule has 2 rings (SSSR count). The first kappa shape index (κ1) is 18.3. The van der Waals surface area contributed by atoms with Crippen molar-refractivity contribution in [2.24, 2.45) is 0 Å². The quantitative estimate of drug-likeness (QED) is 0.808. The summed E-state index contributed by atoms with van der Waals surface area (Å²) < 4.78 is 5.61. The number of nitrogens with zero attached hydrogens (tertiary/aromatic N) is 1. The number of ether oxygens (including phenoxy) is 1. The van der Waals surface area contributed by atoms with E-state index < -0.39 is 5.97 Å². The molecule has 0 heterocycles. The fourth-order valence-corrected chi connectivity index (χ4v) is 2.30. The first-order valence-electron chi connectivity index (χ1n) is 7.97. The van der Waals surface area contributed by atoms with Crippen molar-refractivity contribution in [3.8, 4) is 5.75 Å².